The second kappa shape index (κ2) is 6.08. The molecular weight excluding hydrogens is 264 g/mol. The number of ether oxygens (including phenoxy) is 1. The summed E-state index contributed by atoms with van der Waals surface area (Å²) in [6, 6.07) is 0.535. The highest BCUT2D eigenvalue weighted by Crippen LogP contribution is 2.23. The first-order valence-corrected chi connectivity index (χ1v) is 8.81. The summed E-state index contributed by atoms with van der Waals surface area (Å²) in [6.07, 6.45) is 3.15. The van der Waals surface area contributed by atoms with Crippen LogP contribution in [-0.4, -0.2) is 55.9 Å². The van der Waals surface area contributed by atoms with Gasteiger partial charge in [0.15, 0.2) is 0 Å². The lowest BCUT2D eigenvalue weighted by atomic mass is 10.2. The highest BCUT2D eigenvalue weighted by Gasteiger charge is 2.38. The fourth-order valence-corrected chi connectivity index (χ4v) is 4.22. The standard InChI is InChI=1S/C13H26N2O3S/c1-4-13-9-18-10(2)8-15(13)19(16,17)11(3)7-14-12-5-6-12/h10-14H,4-9H2,1-3H3. The van der Waals surface area contributed by atoms with E-state index in [4.69, 9.17) is 4.74 Å². The van der Waals surface area contributed by atoms with E-state index in [2.05, 4.69) is 5.32 Å². The van der Waals surface area contributed by atoms with Crippen molar-refractivity contribution in [2.75, 3.05) is 19.7 Å². The summed E-state index contributed by atoms with van der Waals surface area (Å²) >= 11 is 0. The lowest BCUT2D eigenvalue weighted by Gasteiger charge is -2.38. The maximum absolute atomic E-state index is 12.7. The molecule has 1 saturated heterocycles. The third kappa shape index (κ3) is 3.68. The molecule has 5 nitrogen and oxygen atoms in total. The predicted molar refractivity (Wildman–Crippen MR) is 75.6 cm³/mol. The van der Waals surface area contributed by atoms with E-state index in [0.29, 0.717) is 25.7 Å². The van der Waals surface area contributed by atoms with E-state index >= 15 is 0 Å². The van der Waals surface area contributed by atoms with Gasteiger partial charge in [0.2, 0.25) is 10.0 Å². The molecule has 2 aliphatic rings. The van der Waals surface area contributed by atoms with Crippen molar-refractivity contribution in [3.05, 3.63) is 0 Å². The molecule has 0 radical (unpaired) electrons. The zero-order valence-corrected chi connectivity index (χ0v) is 12.9. The van der Waals surface area contributed by atoms with Crippen LogP contribution in [0.25, 0.3) is 0 Å². The monoisotopic (exact) mass is 290 g/mol. The van der Waals surface area contributed by atoms with Gasteiger partial charge in [0.1, 0.15) is 0 Å². The fraction of sp³-hybridized carbons (Fsp3) is 1.00. The number of morpholine rings is 1. The summed E-state index contributed by atoms with van der Waals surface area (Å²) < 4.78 is 32.6. The molecular formula is C13H26N2O3S. The third-order valence-corrected chi connectivity index (χ3v) is 6.28. The summed E-state index contributed by atoms with van der Waals surface area (Å²) in [5.41, 5.74) is 0. The lowest BCUT2D eigenvalue weighted by molar-refractivity contribution is -0.0233. The van der Waals surface area contributed by atoms with Crippen LogP contribution in [0.3, 0.4) is 0 Å². The van der Waals surface area contributed by atoms with Crippen molar-refractivity contribution < 1.29 is 13.2 Å². The second-order valence-corrected chi connectivity index (χ2v) is 8.12. The lowest BCUT2D eigenvalue weighted by Crippen LogP contribution is -2.54. The van der Waals surface area contributed by atoms with Crippen molar-refractivity contribution in [3.63, 3.8) is 0 Å². The molecule has 6 heteroatoms. The summed E-state index contributed by atoms with van der Waals surface area (Å²) in [5.74, 6) is 0. The van der Waals surface area contributed by atoms with Crippen molar-refractivity contribution in [2.45, 2.75) is 63.5 Å². The minimum absolute atomic E-state index is 0.00965. The van der Waals surface area contributed by atoms with Crippen LogP contribution in [0.5, 0.6) is 0 Å². The molecule has 3 atom stereocenters. The zero-order valence-electron chi connectivity index (χ0n) is 12.1. The van der Waals surface area contributed by atoms with E-state index in [1.54, 1.807) is 11.2 Å². The normalized spacial score (nSPS) is 31.3. The molecule has 1 heterocycles. The molecule has 0 aromatic carbocycles. The van der Waals surface area contributed by atoms with Crippen molar-refractivity contribution in [3.8, 4) is 0 Å². The number of nitrogens with one attached hydrogen (secondary N) is 1. The van der Waals surface area contributed by atoms with Crippen LogP contribution in [0, 0.1) is 0 Å². The largest absolute Gasteiger partial charge is 0.375 e. The minimum Gasteiger partial charge on any atom is -0.375 e. The van der Waals surface area contributed by atoms with E-state index in [9.17, 15) is 8.42 Å². The van der Waals surface area contributed by atoms with Gasteiger partial charge in [0.25, 0.3) is 0 Å². The quantitative estimate of drug-likeness (QED) is 0.791. The summed E-state index contributed by atoms with van der Waals surface area (Å²) in [4.78, 5) is 0. The first-order valence-electron chi connectivity index (χ1n) is 7.30. The maximum Gasteiger partial charge on any atom is 0.218 e. The molecule has 0 amide bonds. The number of nitrogens with zero attached hydrogens (tertiary/aromatic N) is 1. The van der Waals surface area contributed by atoms with Crippen LogP contribution in [0.15, 0.2) is 0 Å². The zero-order chi connectivity index (χ0) is 14.0. The van der Waals surface area contributed by atoms with Crippen LogP contribution in [-0.2, 0) is 14.8 Å². The average Bonchev–Trinajstić information content (AvgIpc) is 3.19. The molecule has 2 fully saturated rings. The van der Waals surface area contributed by atoms with Crippen LogP contribution in [0.4, 0.5) is 0 Å². The molecule has 1 aliphatic heterocycles. The van der Waals surface area contributed by atoms with E-state index in [1.165, 1.54) is 12.8 Å². The van der Waals surface area contributed by atoms with E-state index in [0.717, 1.165) is 6.42 Å². The molecule has 3 unspecified atom stereocenters. The Bertz CT molecular complexity index is 395. The maximum atomic E-state index is 12.7. The van der Waals surface area contributed by atoms with Gasteiger partial charge in [-0.05, 0) is 33.1 Å². The van der Waals surface area contributed by atoms with Gasteiger partial charge in [-0.2, -0.15) is 4.31 Å². The Morgan fingerprint density at radius 1 is 1.42 bits per heavy atom. The van der Waals surface area contributed by atoms with Gasteiger partial charge >= 0.3 is 0 Å². The van der Waals surface area contributed by atoms with E-state index in [-0.39, 0.29) is 17.4 Å². The topological polar surface area (TPSA) is 58.6 Å². The SMILES string of the molecule is CCC1COC(C)CN1S(=O)(=O)C(C)CNC1CC1. The predicted octanol–water partition coefficient (Wildman–Crippen LogP) is 0.956. The van der Waals surface area contributed by atoms with E-state index < -0.39 is 10.0 Å². The molecule has 0 aromatic rings. The molecule has 1 N–H and O–H groups in total. The highest BCUT2D eigenvalue weighted by atomic mass is 32.2. The second-order valence-electron chi connectivity index (χ2n) is 5.81. The van der Waals surface area contributed by atoms with Gasteiger partial charge < -0.3 is 10.1 Å². The molecule has 0 bridgehead atoms. The van der Waals surface area contributed by atoms with Crippen LogP contribution in [0.2, 0.25) is 0 Å². The first kappa shape index (κ1) is 15.2. The Balaban J connectivity index is 2.01. The number of rotatable bonds is 6. The van der Waals surface area contributed by atoms with Crippen molar-refractivity contribution in [1.29, 1.82) is 0 Å². The van der Waals surface area contributed by atoms with Gasteiger partial charge in [-0.3, -0.25) is 0 Å². The Morgan fingerprint density at radius 3 is 2.68 bits per heavy atom. The van der Waals surface area contributed by atoms with Crippen LogP contribution in [0.1, 0.15) is 40.0 Å². The van der Waals surface area contributed by atoms with Gasteiger partial charge in [0.05, 0.1) is 18.0 Å². The smallest absolute Gasteiger partial charge is 0.218 e. The van der Waals surface area contributed by atoms with E-state index in [1.807, 2.05) is 13.8 Å². The number of hydrogen-bond donors (Lipinski definition) is 1. The number of sulfonamides is 1. The highest BCUT2D eigenvalue weighted by molar-refractivity contribution is 7.89. The van der Waals surface area contributed by atoms with Gasteiger partial charge in [0, 0.05) is 25.2 Å². The molecule has 2 rings (SSSR count). The average molecular weight is 290 g/mol. The molecule has 112 valence electrons. The molecule has 19 heavy (non-hydrogen) atoms. The Kier molecular flexibility index (Phi) is 4.87. The van der Waals surface area contributed by atoms with Crippen LogP contribution < -0.4 is 5.32 Å². The van der Waals surface area contributed by atoms with Gasteiger partial charge in [-0.15, -0.1) is 0 Å². The Morgan fingerprint density at radius 2 is 2.11 bits per heavy atom. The summed E-state index contributed by atoms with van der Waals surface area (Å²) in [6.45, 7) is 7.29. The van der Waals surface area contributed by atoms with Crippen molar-refractivity contribution in [1.82, 2.24) is 9.62 Å². The van der Waals surface area contributed by atoms with Gasteiger partial charge in [-0.1, -0.05) is 6.92 Å². The third-order valence-electron chi connectivity index (χ3n) is 4.00. The summed E-state index contributed by atoms with van der Waals surface area (Å²) in [7, 11) is -3.23. The number of hydrogen-bond acceptors (Lipinski definition) is 4. The molecule has 1 aliphatic carbocycles. The fourth-order valence-electron chi connectivity index (χ4n) is 2.40. The molecule has 1 saturated carbocycles. The Hall–Kier alpha value is -0.170. The Labute approximate surface area is 116 Å². The minimum atomic E-state index is -3.23. The molecule has 0 aromatic heterocycles. The molecule has 0 spiro atoms. The van der Waals surface area contributed by atoms with Crippen LogP contribution >= 0.6 is 0 Å². The van der Waals surface area contributed by atoms with Gasteiger partial charge in [-0.25, -0.2) is 8.42 Å². The first-order chi connectivity index (χ1) is 8.95. The van der Waals surface area contributed by atoms with Crippen molar-refractivity contribution >= 4 is 10.0 Å². The van der Waals surface area contributed by atoms with Crippen molar-refractivity contribution in [2.24, 2.45) is 0 Å². The summed E-state index contributed by atoms with van der Waals surface area (Å²) in [5, 5.41) is 2.94.